The zero-order valence-electron chi connectivity index (χ0n) is 17.6. The van der Waals surface area contributed by atoms with Crippen LogP contribution in [0, 0.1) is 6.92 Å². The van der Waals surface area contributed by atoms with Crippen LogP contribution in [0.25, 0.3) is 11.3 Å². The highest BCUT2D eigenvalue weighted by Gasteiger charge is 2.52. The molecule has 0 unspecified atom stereocenters. The van der Waals surface area contributed by atoms with Gasteiger partial charge in [0.25, 0.3) is 0 Å². The molecule has 0 atom stereocenters. The van der Waals surface area contributed by atoms with E-state index >= 15 is 0 Å². The normalized spacial score (nSPS) is 16.9. The average Bonchev–Trinajstić information content (AvgIpc) is 3.50. The summed E-state index contributed by atoms with van der Waals surface area (Å²) in [6.07, 6.45) is -2.37. The molecule has 0 amide bonds. The van der Waals surface area contributed by atoms with Crippen molar-refractivity contribution in [3.05, 3.63) is 77.0 Å². The number of carbonyl (C=O) groups excluding carboxylic acids is 1. The topological polar surface area (TPSA) is 85.7 Å². The molecular weight excluding hydrogens is 432 g/mol. The minimum atomic E-state index is -3.70. The summed E-state index contributed by atoms with van der Waals surface area (Å²) in [5.41, 5.74) is 2.96. The molecule has 33 heavy (non-hydrogen) atoms. The fourth-order valence-electron chi connectivity index (χ4n) is 4.20. The second-order valence-corrected chi connectivity index (χ2v) is 8.41. The van der Waals surface area contributed by atoms with Crippen molar-refractivity contribution in [2.24, 2.45) is 0 Å². The van der Waals surface area contributed by atoms with Crippen molar-refractivity contribution in [2.75, 3.05) is 0 Å². The maximum atomic E-state index is 13.4. The summed E-state index contributed by atoms with van der Waals surface area (Å²) in [5.74, 6) is -1.17. The number of hydrogen-bond donors (Lipinski definition) is 1. The zero-order valence-corrected chi connectivity index (χ0v) is 17.6. The number of aromatic nitrogens is 1. The average molecular weight is 453 g/mol. The van der Waals surface area contributed by atoms with Gasteiger partial charge in [-0.2, -0.15) is 0 Å². The van der Waals surface area contributed by atoms with Crippen LogP contribution in [-0.4, -0.2) is 28.1 Å². The summed E-state index contributed by atoms with van der Waals surface area (Å²) in [7, 11) is 0. The molecule has 1 fully saturated rings. The Kier molecular flexibility index (Phi) is 4.70. The SMILES string of the molecule is Cc1cc(CC(=O)C2(c3ccc4c(c3)OC(F)(F)O4)CC2)nc(-c2ccc(C(=O)O)cc2)c1.[HH]. The standard InChI is InChI=1S/C25H19F2NO5.H2/c1-14-10-18(28-19(11-14)15-2-4-16(5-3-15)23(30)31)13-22(29)24(8-9-24)17-6-7-20-21(12-17)33-25(26,27)32-20;/h2-7,10-12H,8-9,13H2,1H3,(H,30,31);1H. The number of carboxylic acids is 1. The van der Waals surface area contributed by atoms with Gasteiger partial charge in [0.2, 0.25) is 0 Å². The third-order valence-corrected chi connectivity index (χ3v) is 6.03. The Morgan fingerprint density at radius 2 is 1.73 bits per heavy atom. The predicted molar refractivity (Wildman–Crippen MR) is 116 cm³/mol. The molecule has 1 aromatic heterocycles. The Bertz CT molecular complexity index is 1290. The number of aryl methyl sites for hydroxylation is 1. The number of Topliss-reactive ketones (excluding diaryl/α,β-unsaturated/α-hetero) is 1. The maximum Gasteiger partial charge on any atom is 0.586 e. The lowest BCUT2D eigenvalue weighted by molar-refractivity contribution is -0.286. The minimum Gasteiger partial charge on any atom is -0.478 e. The van der Waals surface area contributed by atoms with Gasteiger partial charge in [-0.25, -0.2) is 4.79 Å². The highest BCUT2D eigenvalue weighted by Crippen LogP contribution is 2.52. The number of aromatic carboxylic acids is 1. The second kappa shape index (κ2) is 7.37. The first-order valence-corrected chi connectivity index (χ1v) is 10.4. The van der Waals surface area contributed by atoms with Crippen LogP contribution in [0.4, 0.5) is 8.78 Å². The number of hydrogen-bond acceptors (Lipinski definition) is 5. The van der Waals surface area contributed by atoms with Gasteiger partial charge in [0.05, 0.1) is 16.7 Å². The molecule has 2 heterocycles. The molecule has 2 aromatic carbocycles. The lowest BCUT2D eigenvalue weighted by atomic mass is 9.88. The van der Waals surface area contributed by atoms with E-state index in [0.717, 1.165) is 11.1 Å². The zero-order chi connectivity index (χ0) is 23.4. The molecule has 1 N–H and O–H groups in total. The molecule has 0 radical (unpaired) electrons. The Morgan fingerprint density at radius 3 is 2.39 bits per heavy atom. The third kappa shape index (κ3) is 3.92. The number of rotatable bonds is 6. The van der Waals surface area contributed by atoms with Gasteiger partial charge in [0.1, 0.15) is 5.78 Å². The van der Waals surface area contributed by atoms with Gasteiger partial charge in [-0.1, -0.05) is 18.2 Å². The Labute approximate surface area is 189 Å². The summed E-state index contributed by atoms with van der Waals surface area (Å²) in [5, 5.41) is 9.08. The van der Waals surface area contributed by atoms with Crippen LogP contribution in [0.15, 0.2) is 54.6 Å². The number of benzene rings is 2. The van der Waals surface area contributed by atoms with E-state index < -0.39 is 17.7 Å². The first kappa shape index (κ1) is 21.1. The van der Waals surface area contributed by atoms with E-state index in [4.69, 9.17) is 5.11 Å². The molecular formula is C25H21F2NO5. The predicted octanol–water partition coefficient (Wildman–Crippen LogP) is 5.17. The molecule has 1 aliphatic heterocycles. The molecule has 0 spiro atoms. The van der Waals surface area contributed by atoms with Gasteiger partial charge in [-0.15, -0.1) is 8.78 Å². The molecule has 2 aliphatic rings. The van der Waals surface area contributed by atoms with Crippen LogP contribution in [0.3, 0.4) is 0 Å². The van der Waals surface area contributed by atoms with Crippen molar-refractivity contribution < 1.29 is 34.4 Å². The summed E-state index contributed by atoms with van der Waals surface area (Å²) >= 11 is 0. The molecule has 0 saturated heterocycles. The van der Waals surface area contributed by atoms with Crippen LogP contribution in [0.2, 0.25) is 0 Å². The number of ether oxygens (including phenoxy) is 2. The highest BCUT2D eigenvalue weighted by molar-refractivity contribution is 5.94. The highest BCUT2D eigenvalue weighted by atomic mass is 19.3. The Balaban J connectivity index is 0.00000274. The first-order chi connectivity index (χ1) is 15.6. The second-order valence-electron chi connectivity index (χ2n) is 8.41. The van der Waals surface area contributed by atoms with Crippen molar-refractivity contribution in [2.45, 2.75) is 37.9 Å². The van der Waals surface area contributed by atoms with Crippen LogP contribution in [-0.2, 0) is 16.6 Å². The maximum absolute atomic E-state index is 13.4. The molecule has 5 rings (SSSR count). The van der Waals surface area contributed by atoms with Crippen LogP contribution in [0.1, 0.15) is 41.4 Å². The lowest BCUT2D eigenvalue weighted by Crippen LogP contribution is -2.26. The number of alkyl halides is 2. The van der Waals surface area contributed by atoms with Crippen molar-refractivity contribution in [1.29, 1.82) is 0 Å². The molecule has 8 heteroatoms. The van der Waals surface area contributed by atoms with E-state index in [9.17, 15) is 18.4 Å². The van der Waals surface area contributed by atoms with Gasteiger partial charge >= 0.3 is 12.3 Å². The van der Waals surface area contributed by atoms with E-state index in [1.165, 1.54) is 24.3 Å². The van der Waals surface area contributed by atoms with E-state index in [2.05, 4.69) is 14.5 Å². The van der Waals surface area contributed by atoms with Crippen LogP contribution in [0.5, 0.6) is 11.5 Å². The number of carboxylic acid groups (broad SMARTS) is 1. The van der Waals surface area contributed by atoms with Gasteiger partial charge in [0.15, 0.2) is 11.5 Å². The summed E-state index contributed by atoms with van der Waals surface area (Å²) in [6.45, 7) is 1.90. The van der Waals surface area contributed by atoms with Crippen LogP contribution >= 0.6 is 0 Å². The van der Waals surface area contributed by atoms with E-state index in [-0.39, 0.29) is 30.7 Å². The number of pyridine rings is 1. The number of carbonyl (C=O) groups is 2. The van der Waals surface area contributed by atoms with Gasteiger partial charge in [0, 0.05) is 19.1 Å². The van der Waals surface area contributed by atoms with Crippen molar-refractivity contribution >= 4 is 11.8 Å². The van der Waals surface area contributed by atoms with E-state index in [1.54, 1.807) is 18.2 Å². The fraction of sp³-hybridized carbons (Fsp3) is 0.240. The minimum absolute atomic E-state index is 0. The summed E-state index contributed by atoms with van der Waals surface area (Å²) in [4.78, 5) is 29.0. The van der Waals surface area contributed by atoms with Gasteiger partial charge in [-0.05, 0) is 67.3 Å². The smallest absolute Gasteiger partial charge is 0.478 e. The Hall–Kier alpha value is -3.81. The molecule has 1 aliphatic carbocycles. The molecule has 3 aromatic rings. The van der Waals surface area contributed by atoms with Crippen molar-refractivity contribution in [3.8, 4) is 22.8 Å². The summed E-state index contributed by atoms with van der Waals surface area (Å²) in [6, 6.07) is 14.6. The lowest BCUT2D eigenvalue weighted by Gasteiger charge is -2.15. The quantitative estimate of drug-likeness (QED) is 0.555. The number of ketones is 1. The largest absolute Gasteiger partial charge is 0.586 e. The molecule has 0 bridgehead atoms. The fourth-order valence-corrected chi connectivity index (χ4v) is 4.20. The molecule has 170 valence electrons. The van der Waals surface area contributed by atoms with Gasteiger partial charge < -0.3 is 14.6 Å². The van der Waals surface area contributed by atoms with E-state index in [1.807, 2.05) is 19.1 Å². The Morgan fingerprint density at radius 1 is 1.03 bits per heavy atom. The summed E-state index contributed by atoms with van der Waals surface area (Å²) < 4.78 is 35.7. The van der Waals surface area contributed by atoms with Gasteiger partial charge in [-0.3, -0.25) is 9.78 Å². The number of fused-ring (bicyclic) bond motifs is 1. The molecule has 6 nitrogen and oxygen atoms in total. The monoisotopic (exact) mass is 453 g/mol. The molecule has 1 saturated carbocycles. The van der Waals surface area contributed by atoms with Crippen LogP contribution < -0.4 is 9.47 Å². The first-order valence-electron chi connectivity index (χ1n) is 10.4. The third-order valence-electron chi connectivity index (χ3n) is 6.03. The van der Waals surface area contributed by atoms with Crippen molar-refractivity contribution in [3.63, 3.8) is 0 Å². The number of halogens is 2. The van der Waals surface area contributed by atoms with Crippen molar-refractivity contribution in [1.82, 2.24) is 4.98 Å². The number of nitrogens with zero attached hydrogens (tertiary/aromatic N) is 1. The van der Waals surface area contributed by atoms with E-state index in [0.29, 0.717) is 29.8 Å².